The second kappa shape index (κ2) is 3.23. The molecule has 0 aromatic rings. The van der Waals surface area contributed by atoms with Crippen molar-refractivity contribution in [3.8, 4) is 0 Å². The van der Waals surface area contributed by atoms with Crippen molar-refractivity contribution in [2.24, 2.45) is 0 Å². The summed E-state index contributed by atoms with van der Waals surface area (Å²) >= 11 is 0. The molecule has 2 saturated heterocycles. The highest BCUT2D eigenvalue weighted by molar-refractivity contribution is 4.94. The van der Waals surface area contributed by atoms with Gasteiger partial charge in [-0.1, -0.05) is 0 Å². The summed E-state index contributed by atoms with van der Waals surface area (Å²) in [5.74, 6) is 0. The van der Waals surface area contributed by atoms with Gasteiger partial charge in [-0.25, -0.2) is 0 Å². The van der Waals surface area contributed by atoms with E-state index in [4.69, 9.17) is 9.47 Å². The highest BCUT2D eigenvalue weighted by Gasteiger charge is 2.40. The van der Waals surface area contributed by atoms with Crippen LogP contribution in [-0.4, -0.2) is 37.5 Å². The molecule has 2 rings (SSSR count). The average Bonchev–Trinajstić information content (AvgIpc) is 2.02. The third-order valence-corrected chi connectivity index (χ3v) is 3.04. The topological polar surface area (TPSA) is 30.5 Å². The van der Waals surface area contributed by atoms with E-state index in [9.17, 15) is 0 Å². The molecule has 0 radical (unpaired) electrons. The molecule has 13 heavy (non-hydrogen) atoms. The molecule has 2 fully saturated rings. The van der Waals surface area contributed by atoms with Gasteiger partial charge in [-0.15, -0.1) is 0 Å². The number of nitrogens with one attached hydrogen (secondary N) is 1. The molecule has 0 saturated carbocycles. The number of rotatable bonds is 2. The molecule has 2 aliphatic rings. The minimum absolute atomic E-state index is 0.0507. The van der Waals surface area contributed by atoms with E-state index in [-0.39, 0.29) is 11.2 Å². The van der Waals surface area contributed by atoms with Crippen molar-refractivity contribution in [3.05, 3.63) is 0 Å². The minimum atomic E-state index is 0.0507. The van der Waals surface area contributed by atoms with Gasteiger partial charge in [0.1, 0.15) is 0 Å². The molecule has 2 heterocycles. The van der Waals surface area contributed by atoms with Gasteiger partial charge >= 0.3 is 0 Å². The van der Waals surface area contributed by atoms with Crippen molar-refractivity contribution < 1.29 is 9.47 Å². The lowest BCUT2D eigenvalue weighted by atomic mass is 9.92. The van der Waals surface area contributed by atoms with Crippen molar-refractivity contribution in [2.75, 3.05) is 26.3 Å². The summed E-state index contributed by atoms with van der Waals surface area (Å²) in [6.45, 7) is 8.07. The fourth-order valence-electron chi connectivity index (χ4n) is 2.05. The van der Waals surface area contributed by atoms with Crippen LogP contribution in [0, 0.1) is 0 Å². The summed E-state index contributed by atoms with van der Waals surface area (Å²) in [6, 6.07) is 0. The quantitative estimate of drug-likeness (QED) is 0.694. The van der Waals surface area contributed by atoms with Gasteiger partial charge in [0.05, 0.1) is 11.2 Å². The maximum absolute atomic E-state index is 6.16. The first kappa shape index (κ1) is 9.44. The van der Waals surface area contributed by atoms with Crippen molar-refractivity contribution >= 4 is 0 Å². The van der Waals surface area contributed by atoms with Crippen LogP contribution in [0.15, 0.2) is 0 Å². The Hall–Kier alpha value is -0.120. The van der Waals surface area contributed by atoms with Crippen LogP contribution in [-0.2, 0) is 9.47 Å². The molecule has 0 spiro atoms. The molecule has 0 aliphatic carbocycles. The lowest BCUT2D eigenvalue weighted by Crippen LogP contribution is -2.62. The third-order valence-electron chi connectivity index (χ3n) is 3.04. The van der Waals surface area contributed by atoms with Gasteiger partial charge in [0, 0.05) is 26.3 Å². The monoisotopic (exact) mass is 185 g/mol. The Morgan fingerprint density at radius 2 is 1.69 bits per heavy atom. The first-order chi connectivity index (χ1) is 6.12. The highest BCUT2D eigenvalue weighted by atomic mass is 16.5. The van der Waals surface area contributed by atoms with Crippen LogP contribution in [0.3, 0.4) is 0 Å². The van der Waals surface area contributed by atoms with Gasteiger partial charge in [0.2, 0.25) is 0 Å². The van der Waals surface area contributed by atoms with Crippen LogP contribution in [0.1, 0.15) is 26.7 Å². The lowest BCUT2D eigenvalue weighted by Gasteiger charge is -2.47. The van der Waals surface area contributed by atoms with E-state index in [1.54, 1.807) is 0 Å². The Balaban J connectivity index is 1.90. The molecule has 1 N–H and O–H groups in total. The Labute approximate surface area is 79.8 Å². The van der Waals surface area contributed by atoms with E-state index in [0.717, 1.165) is 39.1 Å². The largest absolute Gasteiger partial charge is 0.381 e. The Kier molecular flexibility index (Phi) is 2.34. The predicted molar refractivity (Wildman–Crippen MR) is 50.8 cm³/mol. The number of ether oxygens (including phenoxy) is 2. The molecule has 76 valence electrons. The standard InChI is InChI=1S/C10H19NO2/c1-9(3-5-12-6-4-9)13-10(2)7-11-8-10/h11H,3-8H2,1-2H3. The van der Waals surface area contributed by atoms with Crippen LogP contribution in [0.2, 0.25) is 0 Å². The SMILES string of the molecule is CC1(OC2(C)CNC2)CCOCC1. The van der Waals surface area contributed by atoms with E-state index in [2.05, 4.69) is 19.2 Å². The first-order valence-electron chi connectivity index (χ1n) is 5.11. The van der Waals surface area contributed by atoms with Crippen LogP contribution >= 0.6 is 0 Å². The maximum atomic E-state index is 6.16. The third kappa shape index (κ3) is 2.03. The smallest absolute Gasteiger partial charge is 0.0909 e. The van der Waals surface area contributed by atoms with E-state index < -0.39 is 0 Å². The lowest BCUT2D eigenvalue weighted by molar-refractivity contribution is -0.190. The molecule has 3 nitrogen and oxygen atoms in total. The van der Waals surface area contributed by atoms with E-state index in [0.29, 0.717) is 0 Å². The summed E-state index contributed by atoms with van der Waals surface area (Å²) in [6.07, 6.45) is 2.06. The summed E-state index contributed by atoms with van der Waals surface area (Å²) in [4.78, 5) is 0. The van der Waals surface area contributed by atoms with Crippen LogP contribution < -0.4 is 5.32 Å². The fourth-order valence-corrected chi connectivity index (χ4v) is 2.05. The maximum Gasteiger partial charge on any atom is 0.0909 e. The molecular weight excluding hydrogens is 166 g/mol. The van der Waals surface area contributed by atoms with Crippen LogP contribution in [0.5, 0.6) is 0 Å². The summed E-state index contributed by atoms with van der Waals surface area (Å²) in [5, 5.41) is 3.25. The molecule has 0 aromatic heterocycles. The van der Waals surface area contributed by atoms with Gasteiger partial charge in [-0.05, 0) is 26.7 Å². The second-order valence-corrected chi connectivity index (χ2v) is 4.72. The van der Waals surface area contributed by atoms with Gasteiger partial charge in [0.15, 0.2) is 0 Å². The van der Waals surface area contributed by atoms with Gasteiger partial charge in [-0.3, -0.25) is 0 Å². The summed E-state index contributed by atoms with van der Waals surface area (Å²) in [5.41, 5.74) is 0.126. The zero-order chi connectivity index (χ0) is 9.36. The minimum Gasteiger partial charge on any atom is -0.381 e. The average molecular weight is 185 g/mol. The summed E-state index contributed by atoms with van der Waals surface area (Å²) < 4.78 is 11.5. The molecule has 2 aliphatic heterocycles. The van der Waals surface area contributed by atoms with Crippen molar-refractivity contribution in [2.45, 2.75) is 37.9 Å². The number of hydrogen-bond donors (Lipinski definition) is 1. The Bertz CT molecular complexity index is 183. The number of hydrogen-bond acceptors (Lipinski definition) is 3. The van der Waals surface area contributed by atoms with Gasteiger partial charge in [-0.2, -0.15) is 0 Å². The van der Waals surface area contributed by atoms with E-state index >= 15 is 0 Å². The highest BCUT2D eigenvalue weighted by Crippen LogP contribution is 2.31. The van der Waals surface area contributed by atoms with Gasteiger partial charge < -0.3 is 14.8 Å². The van der Waals surface area contributed by atoms with Crippen molar-refractivity contribution in [1.82, 2.24) is 5.32 Å². The molecule has 0 unspecified atom stereocenters. The Morgan fingerprint density at radius 1 is 1.08 bits per heavy atom. The zero-order valence-electron chi connectivity index (χ0n) is 8.56. The molecule has 0 amide bonds. The van der Waals surface area contributed by atoms with Crippen LogP contribution in [0.25, 0.3) is 0 Å². The first-order valence-corrected chi connectivity index (χ1v) is 5.11. The molecular formula is C10H19NO2. The van der Waals surface area contributed by atoms with E-state index in [1.165, 1.54) is 0 Å². The second-order valence-electron chi connectivity index (χ2n) is 4.72. The Morgan fingerprint density at radius 3 is 2.15 bits per heavy atom. The fraction of sp³-hybridized carbons (Fsp3) is 1.00. The molecule has 0 atom stereocenters. The molecule has 3 heteroatoms. The normalized spacial score (nSPS) is 30.9. The molecule has 0 aromatic carbocycles. The van der Waals surface area contributed by atoms with Crippen LogP contribution in [0.4, 0.5) is 0 Å². The van der Waals surface area contributed by atoms with E-state index in [1.807, 2.05) is 0 Å². The van der Waals surface area contributed by atoms with Crippen molar-refractivity contribution in [3.63, 3.8) is 0 Å². The zero-order valence-corrected chi connectivity index (χ0v) is 8.56. The predicted octanol–water partition coefficient (Wildman–Crippen LogP) is 0.934. The van der Waals surface area contributed by atoms with Crippen molar-refractivity contribution in [1.29, 1.82) is 0 Å². The summed E-state index contributed by atoms with van der Waals surface area (Å²) in [7, 11) is 0. The van der Waals surface area contributed by atoms with Gasteiger partial charge in [0.25, 0.3) is 0 Å². The molecule has 0 bridgehead atoms.